The Kier molecular flexibility index (Phi) is 4.24. The molecule has 0 amide bonds. The second-order valence-electron chi connectivity index (χ2n) is 6.97. The molecule has 0 spiro atoms. The third kappa shape index (κ3) is 2.90. The molecule has 1 heterocycles. The highest BCUT2D eigenvalue weighted by atomic mass is 16.5. The minimum atomic E-state index is -0.179. The molecule has 0 bridgehead atoms. The summed E-state index contributed by atoms with van der Waals surface area (Å²) < 4.78 is 6.23. The molecule has 0 aliphatic carbocycles. The van der Waals surface area contributed by atoms with Crippen LogP contribution in [0.3, 0.4) is 0 Å². The minimum absolute atomic E-state index is 0.0928. The summed E-state index contributed by atoms with van der Waals surface area (Å²) in [5.74, 6) is 6.27. The predicted octanol–water partition coefficient (Wildman–Crippen LogP) is 3.35. The van der Waals surface area contributed by atoms with Crippen LogP contribution < -0.4 is 11.3 Å². The van der Waals surface area contributed by atoms with Crippen molar-refractivity contribution in [2.75, 3.05) is 0 Å². The Bertz CT molecular complexity index is 468. The van der Waals surface area contributed by atoms with Crippen molar-refractivity contribution in [3.63, 3.8) is 0 Å². The quantitative estimate of drug-likeness (QED) is 0.655. The van der Waals surface area contributed by atoms with Crippen LogP contribution in [0.25, 0.3) is 0 Å². The standard InChI is InChI=1S/C17H28N2O/c1-6-12-9-7-8-10-13(12)15(19-18)14-11-16(2,3)20-17(14,4)5/h7-10,14-15,19H,6,11,18H2,1-5H3. The average molecular weight is 276 g/mol. The molecule has 0 radical (unpaired) electrons. The molecule has 2 unspecified atom stereocenters. The van der Waals surface area contributed by atoms with Gasteiger partial charge >= 0.3 is 0 Å². The molecule has 20 heavy (non-hydrogen) atoms. The zero-order valence-electron chi connectivity index (χ0n) is 13.4. The zero-order chi connectivity index (χ0) is 15.0. The molecule has 2 atom stereocenters. The first-order valence-corrected chi connectivity index (χ1v) is 7.55. The molecule has 0 aromatic heterocycles. The van der Waals surface area contributed by atoms with Crippen molar-refractivity contribution in [2.45, 2.75) is 64.7 Å². The van der Waals surface area contributed by atoms with E-state index in [1.165, 1.54) is 11.1 Å². The lowest BCUT2D eigenvalue weighted by molar-refractivity contribution is -0.0779. The van der Waals surface area contributed by atoms with Crippen molar-refractivity contribution in [2.24, 2.45) is 11.8 Å². The highest BCUT2D eigenvalue weighted by Gasteiger charge is 2.49. The third-order valence-corrected chi connectivity index (χ3v) is 4.50. The third-order valence-electron chi connectivity index (χ3n) is 4.50. The van der Waals surface area contributed by atoms with Gasteiger partial charge in [0.1, 0.15) is 0 Å². The van der Waals surface area contributed by atoms with Gasteiger partial charge in [0.15, 0.2) is 0 Å². The lowest BCUT2D eigenvalue weighted by Gasteiger charge is -2.33. The first kappa shape index (κ1) is 15.5. The Labute approximate surface area is 122 Å². The number of hydrazine groups is 1. The largest absolute Gasteiger partial charge is 0.369 e. The van der Waals surface area contributed by atoms with E-state index in [2.05, 4.69) is 64.3 Å². The number of hydrogen-bond donors (Lipinski definition) is 2. The van der Waals surface area contributed by atoms with Crippen LogP contribution in [-0.4, -0.2) is 11.2 Å². The molecule has 3 N–H and O–H groups in total. The summed E-state index contributed by atoms with van der Waals surface area (Å²) >= 11 is 0. The number of ether oxygens (including phenoxy) is 1. The van der Waals surface area contributed by atoms with Crippen molar-refractivity contribution in [1.29, 1.82) is 0 Å². The monoisotopic (exact) mass is 276 g/mol. The maximum absolute atomic E-state index is 6.23. The zero-order valence-corrected chi connectivity index (χ0v) is 13.4. The second-order valence-corrected chi connectivity index (χ2v) is 6.97. The number of aryl methyl sites for hydroxylation is 1. The predicted molar refractivity (Wildman–Crippen MR) is 83.2 cm³/mol. The fraction of sp³-hybridized carbons (Fsp3) is 0.647. The van der Waals surface area contributed by atoms with Crippen LogP contribution in [0.1, 0.15) is 58.2 Å². The summed E-state index contributed by atoms with van der Waals surface area (Å²) in [6, 6.07) is 8.68. The lowest BCUT2D eigenvalue weighted by Crippen LogP contribution is -2.41. The molecular formula is C17H28N2O. The summed E-state index contributed by atoms with van der Waals surface area (Å²) in [5, 5.41) is 0. The van der Waals surface area contributed by atoms with E-state index in [9.17, 15) is 0 Å². The van der Waals surface area contributed by atoms with Gasteiger partial charge in [0.05, 0.1) is 17.2 Å². The van der Waals surface area contributed by atoms with E-state index in [1.807, 2.05) is 0 Å². The number of nitrogens with one attached hydrogen (secondary N) is 1. The van der Waals surface area contributed by atoms with Gasteiger partial charge < -0.3 is 4.74 Å². The fourth-order valence-corrected chi connectivity index (χ4v) is 3.71. The maximum Gasteiger partial charge on any atom is 0.0681 e. The van der Waals surface area contributed by atoms with Gasteiger partial charge in [-0.3, -0.25) is 11.3 Å². The van der Waals surface area contributed by atoms with Gasteiger partial charge in [0.2, 0.25) is 0 Å². The Morgan fingerprint density at radius 1 is 1.30 bits per heavy atom. The smallest absolute Gasteiger partial charge is 0.0681 e. The van der Waals surface area contributed by atoms with Gasteiger partial charge in [-0.2, -0.15) is 0 Å². The lowest BCUT2D eigenvalue weighted by atomic mass is 9.78. The number of rotatable bonds is 4. The van der Waals surface area contributed by atoms with Crippen molar-refractivity contribution < 1.29 is 4.74 Å². The van der Waals surface area contributed by atoms with Crippen LogP contribution in [-0.2, 0) is 11.2 Å². The van der Waals surface area contributed by atoms with Gasteiger partial charge in [-0.15, -0.1) is 0 Å². The molecule has 1 saturated heterocycles. The van der Waals surface area contributed by atoms with Crippen LogP contribution in [0.15, 0.2) is 24.3 Å². The van der Waals surface area contributed by atoms with Crippen LogP contribution in [0.2, 0.25) is 0 Å². The number of hydrogen-bond acceptors (Lipinski definition) is 3. The summed E-state index contributed by atoms with van der Waals surface area (Å²) in [4.78, 5) is 0. The summed E-state index contributed by atoms with van der Waals surface area (Å²) in [6.07, 6.45) is 2.03. The van der Waals surface area contributed by atoms with Gasteiger partial charge in [0, 0.05) is 5.92 Å². The van der Waals surface area contributed by atoms with Crippen LogP contribution in [0.5, 0.6) is 0 Å². The van der Waals surface area contributed by atoms with E-state index in [0.717, 1.165) is 12.8 Å². The molecular weight excluding hydrogens is 248 g/mol. The van der Waals surface area contributed by atoms with E-state index in [1.54, 1.807) is 0 Å². The molecule has 112 valence electrons. The van der Waals surface area contributed by atoms with E-state index in [4.69, 9.17) is 10.6 Å². The molecule has 1 fully saturated rings. The molecule has 0 saturated carbocycles. The van der Waals surface area contributed by atoms with E-state index < -0.39 is 0 Å². The first-order valence-electron chi connectivity index (χ1n) is 7.55. The van der Waals surface area contributed by atoms with Crippen molar-refractivity contribution in [3.8, 4) is 0 Å². The Morgan fingerprint density at radius 2 is 1.95 bits per heavy atom. The van der Waals surface area contributed by atoms with Gasteiger partial charge in [-0.1, -0.05) is 31.2 Å². The van der Waals surface area contributed by atoms with Crippen molar-refractivity contribution in [1.82, 2.24) is 5.43 Å². The van der Waals surface area contributed by atoms with Gasteiger partial charge in [0.25, 0.3) is 0 Å². The molecule has 2 rings (SSSR count). The maximum atomic E-state index is 6.23. The molecule has 1 aliphatic rings. The summed E-state index contributed by atoms with van der Waals surface area (Å²) in [6.45, 7) is 10.9. The Morgan fingerprint density at radius 3 is 2.45 bits per heavy atom. The molecule has 3 heteroatoms. The minimum Gasteiger partial charge on any atom is -0.369 e. The van der Waals surface area contributed by atoms with Gasteiger partial charge in [-0.05, 0) is 51.7 Å². The SMILES string of the molecule is CCc1ccccc1C(NN)C1CC(C)(C)OC1(C)C. The molecule has 1 aromatic carbocycles. The summed E-state index contributed by atoms with van der Waals surface area (Å²) in [7, 11) is 0. The van der Waals surface area contributed by atoms with Crippen molar-refractivity contribution >= 4 is 0 Å². The number of benzene rings is 1. The van der Waals surface area contributed by atoms with Crippen LogP contribution in [0, 0.1) is 5.92 Å². The highest BCUT2D eigenvalue weighted by Crippen LogP contribution is 2.47. The number of nitrogens with two attached hydrogens (primary N) is 1. The topological polar surface area (TPSA) is 47.3 Å². The Hall–Kier alpha value is -0.900. The first-order chi connectivity index (χ1) is 9.30. The summed E-state index contributed by atoms with van der Waals surface area (Å²) in [5.41, 5.74) is 5.44. The van der Waals surface area contributed by atoms with E-state index in [-0.39, 0.29) is 17.2 Å². The fourth-order valence-electron chi connectivity index (χ4n) is 3.71. The average Bonchev–Trinajstić information content (AvgIpc) is 2.59. The van der Waals surface area contributed by atoms with Crippen LogP contribution >= 0.6 is 0 Å². The second kappa shape index (κ2) is 5.47. The highest BCUT2D eigenvalue weighted by molar-refractivity contribution is 5.31. The normalized spacial score (nSPS) is 25.6. The van der Waals surface area contributed by atoms with Gasteiger partial charge in [-0.25, -0.2) is 0 Å². The molecule has 1 aromatic rings. The van der Waals surface area contributed by atoms with E-state index in [0.29, 0.717) is 5.92 Å². The Balaban J connectivity index is 2.38. The molecule has 3 nitrogen and oxygen atoms in total. The van der Waals surface area contributed by atoms with Crippen LogP contribution in [0.4, 0.5) is 0 Å². The molecule has 1 aliphatic heterocycles. The van der Waals surface area contributed by atoms with Crippen molar-refractivity contribution in [3.05, 3.63) is 35.4 Å². The van der Waals surface area contributed by atoms with E-state index >= 15 is 0 Å².